The first-order chi connectivity index (χ1) is 9.81. The van der Waals surface area contributed by atoms with Gasteiger partial charge in [0.1, 0.15) is 5.75 Å². The van der Waals surface area contributed by atoms with Crippen molar-refractivity contribution in [2.75, 3.05) is 4.72 Å². The normalized spacial score (nSPS) is 11.1. The zero-order valence-corrected chi connectivity index (χ0v) is 11.8. The van der Waals surface area contributed by atoms with Crippen molar-refractivity contribution in [3.63, 3.8) is 0 Å². The molecular formula is C13H12N2O5S. The minimum atomic E-state index is -4.03. The highest BCUT2D eigenvalue weighted by Crippen LogP contribution is 2.29. The van der Waals surface area contributed by atoms with E-state index in [9.17, 15) is 23.6 Å². The minimum Gasteiger partial charge on any atom is -0.506 e. The van der Waals surface area contributed by atoms with Crippen molar-refractivity contribution in [2.24, 2.45) is 0 Å². The van der Waals surface area contributed by atoms with E-state index in [0.717, 1.165) is 6.07 Å². The first-order valence-corrected chi connectivity index (χ1v) is 7.35. The zero-order chi connectivity index (χ0) is 15.6. The molecule has 2 aromatic carbocycles. The highest BCUT2D eigenvalue weighted by atomic mass is 32.2. The maximum Gasteiger partial charge on any atom is 0.270 e. The van der Waals surface area contributed by atoms with Gasteiger partial charge in [-0.25, -0.2) is 8.42 Å². The predicted octanol–water partition coefficient (Wildman–Crippen LogP) is 2.41. The van der Waals surface area contributed by atoms with Crippen molar-refractivity contribution < 1.29 is 18.4 Å². The van der Waals surface area contributed by atoms with E-state index in [1.165, 1.54) is 24.3 Å². The maximum atomic E-state index is 12.2. The highest BCUT2D eigenvalue weighted by molar-refractivity contribution is 7.92. The number of sulfonamides is 1. The molecule has 2 aromatic rings. The molecule has 8 heteroatoms. The Labute approximate surface area is 121 Å². The number of nitro groups is 1. The number of hydrogen-bond donors (Lipinski definition) is 2. The van der Waals surface area contributed by atoms with Crippen LogP contribution in [-0.4, -0.2) is 18.4 Å². The van der Waals surface area contributed by atoms with E-state index in [2.05, 4.69) is 4.72 Å². The summed E-state index contributed by atoms with van der Waals surface area (Å²) in [5.41, 5.74) is 0.250. The van der Waals surface area contributed by atoms with Gasteiger partial charge in [-0.05, 0) is 24.6 Å². The first-order valence-electron chi connectivity index (χ1n) is 5.87. The fourth-order valence-electron chi connectivity index (χ4n) is 1.74. The van der Waals surface area contributed by atoms with Crippen molar-refractivity contribution in [1.82, 2.24) is 0 Å². The molecule has 21 heavy (non-hydrogen) atoms. The van der Waals surface area contributed by atoms with Crippen LogP contribution in [0.5, 0.6) is 5.75 Å². The van der Waals surface area contributed by atoms with Gasteiger partial charge in [0.2, 0.25) is 0 Å². The molecule has 7 nitrogen and oxygen atoms in total. The Morgan fingerprint density at radius 1 is 1.19 bits per heavy atom. The largest absolute Gasteiger partial charge is 0.506 e. The SMILES string of the molecule is Cc1cccc(O)c1NS(=O)(=O)c1cccc([N+](=O)[O-])c1. The molecule has 0 bridgehead atoms. The molecule has 110 valence electrons. The zero-order valence-electron chi connectivity index (χ0n) is 11.0. The van der Waals surface area contributed by atoms with Crippen LogP contribution in [-0.2, 0) is 10.0 Å². The van der Waals surface area contributed by atoms with E-state index >= 15 is 0 Å². The maximum absolute atomic E-state index is 12.2. The summed E-state index contributed by atoms with van der Waals surface area (Å²) in [5.74, 6) is -0.219. The molecule has 0 atom stereocenters. The monoisotopic (exact) mass is 308 g/mol. The molecule has 0 aliphatic rings. The number of non-ortho nitro benzene ring substituents is 1. The number of benzene rings is 2. The fraction of sp³-hybridized carbons (Fsp3) is 0.0769. The molecular weight excluding hydrogens is 296 g/mol. The van der Waals surface area contributed by atoms with Gasteiger partial charge < -0.3 is 5.11 Å². The van der Waals surface area contributed by atoms with Gasteiger partial charge in [0, 0.05) is 12.1 Å². The lowest BCUT2D eigenvalue weighted by Crippen LogP contribution is -2.14. The number of aryl methyl sites for hydroxylation is 1. The van der Waals surface area contributed by atoms with Crippen LogP contribution in [0.3, 0.4) is 0 Å². The van der Waals surface area contributed by atoms with Gasteiger partial charge in [0.15, 0.2) is 0 Å². The van der Waals surface area contributed by atoms with Crippen molar-refractivity contribution in [3.8, 4) is 5.75 Å². The smallest absolute Gasteiger partial charge is 0.270 e. The Balaban J connectivity index is 2.44. The minimum absolute atomic E-state index is 0.0454. The van der Waals surface area contributed by atoms with Crippen molar-refractivity contribution in [3.05, 3.63) is 58.1 Å². The molecule has 0 aromatic heterocycles. The Bertz CT molecular complexity index is 782. The Hall–Kier alpha value is -2.61. The first kappa shape index (κ1) is 14.8. The lowest BCUT2D eigenvalue weighted by Gasteiger charge is -2.11. The average molecular weight is 308 g/mol. The number of nitrogens with one attached hydrogen (secondary N) is 1. The summed E-state index contributed by atoms with van der Waals surface area (Å²) in [4.78, 5) is 9.77. The van der Waals surface area contributed by atoms with Crippen molar-refractivity contribution in [2.45, 2.75) is 11.8 Å². The number of phenolic OH excluding ortho intramolecular Hbond substituents is 1. The van der Waals surface area contributed by atoms with Gasteiger partial charge in [0.25, 0.3) is 15.7 Å². The van der Waals surface area contributed by atoms with Crippen LogP contribution in [0.4, 0.5) is 11.4 Å². The van der Waals surface area contributed by atoms with E-state index in [4.69, 9.17) is 0 Å². The number of nitrogens with zero attached hydrogens (tertiary/aromatic N) is 1. The number of hydrogen-bond acceptors (Lipinski definition) is 5. The summed E-state index contributed by atoms with van der Waals surface area (Å²) in [6.45, 7) is 1.63. The topological polar surface area (TPSA) is 110 Å². The molecule has 0 amide bonds. The van der Waals surface area contributed by atoms with E-state index in [-0.39, 0.29) is 22.0 Å². The molecule has 0 aliphatic carbocycles. The third-order valence-electron chi connectivity index (χ3n) is 2.83. The highest BCUT2D eigenvalue weighted by Gasteiger charge is 2.19. The molecule has 2 N–H and O–H groups in total. The Morgan fingerprint density at radius 3 is 2.48 bits per heavy atom. The number of nitro benzene ring substituents is 1. The second kappa shape index (κ2) is 5.41. The van der Waals surface area contributed by atoms with Crippen LogP contribution < -0.4 is 4.72 Å². The lowest BCUT2D eigenvalue weighted by molar-refractivity contribution is -0.385. The lowest BCUT2D eigenvalue weighted by atomic mass is 10.2. The number of phenols is 1. The molecule has 0 spiro atoms. The summed E-state index contributed by atoms with van der Waals surface area (Å²) >= 11 is 0. The van der Waals surface area contributed by atoms with Crippen LogP contribution in [0.2, 0.25) is 0 Å². The molecule has 0 saturated heterocycles. The molecule has 2 rings (SSSR count). The average Bonchev–Trinajstić information content (AvgIpc) is 2.43. The number of anilines is 1. The molecule has 0 radical (unpaired) electrons. The quantitative estimate of drug-likeness (QED) is 0.512. The second-order valence-electron chi connectivity index (χ2n) is 4.33. The summed E-state index contributed by atoms with van der Waals surface area (Å²) in [7, 11) is -4.03. The van der Waals surface area contributed by atoms with Gasteiger partial charge in [0.05, 0.1) is 15.5 Å². The molecule has 0 fully saturated rings. The number of aromatic hydroxyl groups is 1. The third-order valence-corrected chi connectivity index (χ3v) is 4.17. The molecule has 0 heterocycles. The van der Waals surface area contributed by atoms with Crippen LogP contribution in [0.1, 0.15) is 5.56 Å². The summed E-state index contributed by atoms with van der Waals surface area (Å²) in [5, 5.41) is 20.4. The van der Waals surface area contributed by atoms with E-state index in [1.807, 2.05) is 0 Å². The summed E-state index contributed by atoms with van der Waals surface area (Å²) < 4.78 is 26.7. The Kier molecular flexibility index (Phi) is 3.81. The summed E-state index contributed by atoms with van der Waals surface area (Å²) in [6.07, 6.45) is 0. The van der Waals surface area contributed by atoms with E-state index in [0.29, 0.717) is 5.56 Å². The number of rotatable bonds is 4. The number of para-hydroxylation sites is 1. The third kappa shape index (κ3) is 3.11. The van der Waals surface area contributed by atoms with Gasteiger partial charge in [-0.15, -0.1) is 0 Å². The van der Waals surface area contributed by atoms with Crippen LogP contribution in [0.15, 0.2) is 47.4 Å². The van der Waals surface area contributed by atoms with Crippen LogP contribution in [0.25, 0.3) is 0 Å². The van der Waals surface area contributed by atoms with E-state index < -0.39 is 14.9 Å². The Morgan fingerprint density at radius 2 is 1.86 bits per heavy atom. The van der Waals surface area contributed by atoms with Gasteiger partial charge in [-0.3, -0.25) is 14.8 Å². The fourth-order valence-corrected chi connectivity index (χ4v) is 2.93. The molecule has 0 unspecified atom stereocenters. The summed E-state index contributed by atoms with van der Waals surface area (Å²) in [6, 6.07) is 9.23. The predicted molar refractivity (Wildman–Crippen MR) is 76.7 cm³/mol. The molecule has 0 aliphatic heterocycles. The van der Waals surface area contributed by atoms with Gasteiger partial charge >= 0.3 is 0 Å². The van der Waals surface area contributed by atoms with Crippen molar-refractivity contribution in [1.29, 1.82) is 0 Å². The van der Waals surface area contributed by atoms with Crippen molar-refractivity contribution >= 4 is 21.4 Å². The second-order valence-corrected chi connectivity index (χ2v) is 6.01. The van der Waals surface area contributed by atoms with Gasteiger partial charge in [-0.2, -0.15) is 0 Å². The standard InChI is InChI=1S/C13H12N2O5S/c1-9-4-2-7-12(16)13(9)14-21(19,20)11-6-3-5-10(8-11)15(17)18/h2-8,14,16H,1H3. The van der Waals surface area contributed by atoms with E-state index in [1.54, 1.807) is 19.1 Å². The van der Waals surface area contributed by atoms with Gasteiger partial charge in [-0.1, -0.05) is 18.2 Å². The molecule has 0 saturated carbocycles. The van der Waals surface area contributed by atoms with Crippen LogP contribution >= 0.6 is 0 Å². The van der Waals surface area contributed by atoms with Crippen LogP contribution in [0, 0.1) is 17.0 Å².